The van der Waals surface area contributed by atoms with E-state index in [4.69, 9.17) is 0 Å². The van der Waals surface area contributed by atoms with E-state index in [1.165, 1.54) is 11.3 Å². The first-order chi connectivity index (χ1) is 14.0. The number of piperazine rings is 1. The molecule has 1 N–H and O–H groups in total. The lowest BCUT2D eigenvalue weighted by Gasteiger charge is -2.37. The zero-order valence-electron chi connectivity index (χ0n) is 16.4. The van der Waals surface area contributed by atoms with Crippen molar-refractivity contribution in [3.63, 3.8) is 0 Å². The van der Waals surface area contributed by atoms with Crippen molar-refractivity contribution < 1.29 is 9.59 Å². The summed E-state index contributed by atoms with van der Waals surface area (Å²) < 4.78 is 0. The van der Waals surface area contributed by atoms with Crippen LogP contribution in [-0.2, 0) is 4.79 Å². The molecule has 0 spiro atoms. The maximum Gasteiger partial charge on any atom is 0.262 e. The lowest BCUT2D eigenvalue weighted by Crippen LogP contribution is -2.56. The summed E-state index contributed by atoms with van der Waals surface area (Å²) in [5.74, 6) is -0.192. The maximum absolute atomic E-state index is 13.1. The van der Waals surface area contributed by atoms with E-state index >= 15 is 0 Å². The first-order valence-corrected chi connectivity index (χ1v) is 11.3. The Bertz CT molecular complexity index is 960. The number of nitrogens with zero attached hydrogens (tertiary/aromatic N) is 4. The van der Waals surface area contributed by atoms with Crippen LogP contribution in [0.4, 0.5) is 5.13 Å². The number of hydrogen-bond acceptors (Lipinski definition) is 7. The highest BCUT2D eigenvalue weighted by atomic mass is 32.1. The van der Waals surface area contributed by atoms with Crippen LogP contribution in [0.1, 0.15) is 23.5 Å². The van der Waals surface area contributed by atoms with Gasteiger partial charge in [-0.25, -0.2) is 9.97 Å². The average molecular weight is 430 g/mol. The van der Waals surface area contributed by atoms with Gasteiger partial charge in [-0.2, -0.15) is 0 Å². The third-order valence-electron chi connectivity index (χ3n) is 4.98. The second-order valence-electron chi connectivity index (χ2n) is 7.31. The summed E-state index contributed by atoms with van der Waals surface area (Å²) in [6, 6.07) is 6.93. The molecule has 3 aromatic heterocycles. The number of fused-ring (bicyclic) bond motifs is 1. The summed E-state index contributed by atoms with van der Waals surface area (Å²) in [5, 5.41) is 5.73. The van der Waals surface area contributed by atoms with Crippen LogP contribution in [0.5, 0.6) is 0 Å². The molecule has 1 saturated heterocycles. The van der Waals surface area contributed by atoms with Crippen LogP contribution in [-0.4, -0.2) is 58.9 Å². The summed E-state index contributed by atoms with van der Waals surface area (Å²) in [7, 11) is 0. The molecule has 4 rings (SSSR count). The Balaban J connectivity index is 1.39. The molecule has 2 amide bonds. The van der Waals surface area contributed by atoms with Crippen LogP contribution in [0.2, 0.25) is 0 Å². The van der Waals surface area contributed by atoms with Crippen molar-refractivity contribution in [1.29, 1.82) is 0 Å². The first-order valence-electron chi connectivity index (χ1n) is 9.62. The number of anilines is 1. The zero-order chi connectivity index (χ0) is 20.4. The van der Waals surface area contributed by atoms with E-state index in [9.17, 15) is 9.59 Å². The molecule has 29 heavy (non-hydrogen) atoms. The van der Waals surface area contributed by atoms with Gasteiger partial charge in [0, 0.05) is 32.4 Å². The Morgan fingerprint density at radius 2 is 1.93 bits per heavy atom. The van der Waals surface area contributed by atoms with E-state index in [1.54, 1.807) is 23.6 Å². The van der Waals surface area contributed by atoms with Crippen molar-refractivity contribution in [2.75, 3.05) is 31.1 Å². The Labute approximate surface area is 177 Å². The Morgan fingerprint density at radius 1 is 1.14 bits per heavy atom. The van der Waals surface area contributed by atoms with Gasteiger partial charge in [-0.15, -0.1) is 11.3 Å². The maximum atomic E-state index is 13.1. The molecule has 7 nitrogen and oxygen atoms in total. The molecule has 0 aromatic carbocycles. The summed E-state index contributed by atoms with van der Waals surface area (Å²) in [6.45, 7) is 6.58. The minimum absolute atomic E-state index is 0.0137. The number of carbonyl (C=O) groups is 2. The Kier molecular flexibility index (Phi) is 5.77. The van der Waals surface area contributed by atoms with E-state index in [2.05, 4.69) is 20.2 Å². The highest BCUT2D eigenvalue weighted by molar-refractivity contribution is 7.21. The first kappa shape index (κ1) is 19.8. The van der Waals surface area contributed by atoms with Crippen molar-refractivity contribution in [3.8, 4) is 0 Å². The quantitative estimate of drug-likeness (QED) is 0.675. The second kappa shape index (κ2) is 8.46. The minimum atomic E-state index is -0.525. The Hall–Kier alpha value is -2.52. The Morgan fingerprint density at radius 3 is 2.59 bits per heavy atom. The highest BCUT2D eigenvalue weighted by Gasteiger charge is 2.31. The molecule has 4 heterocycles. The van der Waals surface area contributed by atoms with Crippen LogP contribution in [0.25, 0.3) is 10.3 Å². The molecule has 0 aliphatic carbocycles. The van der Waals surface area contributed by atoms with Crippen molar-refractivity contribution in [3.05, 3.63) is 40.7 Å². The molecular weight excluding hydrogens is 406 g/mol. The van der Waals surface area contributed by atoms with Crippen LogP contribution in [0.3, 0.4) is 0 Å². The van der Waals surface area contributed by atoms with Crippen LogP contribution in [0, 0.1) is 5.92 Å². The number of aromatic nitrogens is 2. The lowest BCUT2D eigenvalue weighted by atomic mass is 10.0. The van der Waals surface area contributed by atoms with E-state index < -0.39 is 6.04 Å². The van der Waals surface area contributed by atoms with Crippen molar-refractivity contribution in [2.45, 2.75) is 19.9 Å². The van der Waals surface area contributed by atoms with Gasteiger partial charge in [0.1, 0.15) is 16.4 Å². The monoisotopic (exact) mass is 429 g/mol. The van der Waals surface area contributed by atoms with E-state index in [0.717, 1.165) is 28.6 Å². The number of pyridine rings is 1. The highest BCUT2D eigenvalue weighted by Crippen LogP contribution is 2.27. The summed E-state index contributed by atoms with van der Waals surface area (Å²) in [4.78, 5) is 40.2. The molecule has 3 aromatic rings. The smallest absolute Gasteiger partial charge is 0.262 e. The third-order valence-corrected chi connectivity index (χ3v) is 6.89. The van der Waals surface area contributed by atoms with Gasteiger partial charge in [-0.1, -0.05) is 31.3 Å². The lowest BCUT2D eigenvalue weighted by molar-refractivity contribution is -0.134. The topological polar surface area (TPSA) is 78.4 Å². The van der Waals surface area contributed by atoms with Gasteiger partial charge in [0.05, 0.1) is 4.88 Å². The molecule has 1 fully saturated rings. The van der Waals surface area contributed by atoms with Gasteiger partial charge in [0.25, 0.3) is 5.91 Å². The van der Waals surface area contributed by atoms with Crippen molar-refractivity contribution >= 4 is 50.0 Å². The van der Waals surface area contributed by atoms with Gasteiger partial charge in [0.15, 0.2) is 5.13 Å². The van der Waals surface area contributed by atoms with Gasteiger partial charge in [-0.3, -0.25) is 9.59 Å². The summed E-state index contributed by atoms with van der Waals surface area (Å²) >= 11 is 2.95. The zero-order valence-corrected chi connectivity index (χ0v) is 18.0. The molecule has 1 aliphatic rings. The van der Waals surface area contributed by atoms with E-state index in [-0.39, 0.29) is 17.7 Å². The fourth-order valence-electron chi connectivity index (χ4n) is 3.34. The summed E-state index contributed by atoms with van der Waals surface area (Å²) in [6.07, 6.45) is 1.78. The van der Waals surface area contributed by atoms with Crippen molar-refractivity contribution in [1.82, 2.24) is 20.2 Å². The fourth-order valence-corrected chi connectivity index (χ4v) is 4.93. The van der Waals surface area contributed by atoms with E-state index in [0.29, 0.717) is 18.0 Å². The largest absolute Gasteiger partial charge is 0.344 e. The number of amides is 2. The number of nitrogens with one attached hydrogen (secondary N) is 1. The molecule has 0 saturated carbocycles. The van der Waals surface area contributed by atoms with E-state index in [1.807, 2.05) is 42.3 Å². The molecule has 0 bridgehead atoms. The second-order valence-corrected chi connectivity index (χ2v) is 9.21. The number of thiophene rings is 1. The van der Waals surface area contributed by atoms with Gasteiger partial charge >= 0.3 is 0 Å². The van der Waals surface area contributed by atoms with Crippen molar-refractivity contribution in [2.24, 2.45) is 5.92 Å². The molecular formula is C20H23N5O2S2. The molecule has 1 unspecified atom stereocenters. The summed E-state index contributed by atoms with van der Waals surface area (Å²) in [5.41, 5.74) is 0.905. The number of hydrogen-bond donors (Lipinski definition) is 1. The van der Waals surface area contributed by atoms with Gasteiger partial charge < -0.3 is 15.1 Å². The SMILES string of the molecule is CC(C)C(NC(=O)c1cccs1)C(=O)N1CCN(c2nc3cccnc3s2)CC1. The fraction of sp³-hybridized carbons (Fsp3) is 0.400. The van der Waals surface area contributed by atoms with Gasteiger partial charge in [-0.05, 0) is 29.5 Å². The number of thiazole rings is 1. The predicted molar refractivity (Wildman–Crippen MR) is 117 cm³/mol. The normalized spacial score (nSPS) is 15.7. The van der Waals surface area contributed by atoms with Crippen LogP contribution in [0.15, 0.2) is 35.8 Å². The molecule has 1 atom stereocenters. The average Bonchev–Trinajstić information content (AvgIpc) is 3.41. The third kappa shape index (κ3) is 4.25. The minimum Gasteiger partial charge on any atom is -0.344 e. The molecule has 0 radical (unpaired) electrons. The molecule has 1 aliphatic heterocycles. The van der Waals surface area contributed by atoms with Crippen LogP contribution < -0.4 is 10.2 Å². The van der Waals surface area contributed by atoms with Crippen LogP contribution >= 0.6 is 22.7 Å². The predicted octanol–water partition coefficient (Wildman–Crippen LogP) is 2.86. The number of carbonyl (C=O) groups excluding carboxylic acids is 2. The standard InChI is InChI=1S/C20H23N5O2S2/c1-13(2)16(23-17(26)15-6-4-12-28-15)19(27)24-8-10-25(11-9-24)20-22-14-5-3-7-21-18(14)29-20/h3-7,12-13,16H,8-11H2,1-2H3,(H,23,26). The molecule has 9 heteroatoms. The number of rotatable bonds is 5. The van der Waals surface area contributed by atoms with Gasteiger partial charge in [0.2, 0.25) is 5.91 Å². The molecule has 152 valence electrons.